The molecular weight excluding hydrogens is 348 g/mol. The van der Waals surface area contributed by atoms with Crippen LogP contribution in [0.5, 0.6) is 11.5 Å². The number of carbonyl (C=O) groups excluding carboxylic acids is 3. The molecule has 0 unspecified atom stereocenters. The minimum atomic E-state index is -0.403. The average Bonchev–Trinajstić information content (AvgIpc) is 2.90. The number of phenolic OH excluding ortho intramolecular Hbond substituents is 1. The number of rotatable bonds is 4. The van der Waals surface area contributed by atoms with Crippen molar-refractivity contribution in [2.75, 3.05) is 17.3 Å². The van der Waals surface area contributed by atoms with Crippen LogP contribution >= 0.6 is 0 Å². The van der Waals surface area contributed by atoms with Crippen LogP contribution in [0.2, 0.25) is 0 Å². The Bertz CT molecular complexity index is 947. The van der Waals surface area contributed by atoms with E-state index < -0.39 is 5.91 Å². The van der Waals surface area contributed by atoms with Gasteiger partial charge in [-0.05, 0) is 48.0 Å². The molecular formula is C20H18N2O5. The summed E-state index contributed by atoms with van der Waals surface area (Å²) in [6.07, 6.45) is 1.59. The lowest BCUT2D eigenvalue weighted by atomic mass is 10.1. The number of nitrogens with one attached hydrogen (secondary N) is 1. The van der Waals surface area contributed by atoms with E-state index in [0.29, 0.717) is 22.5 Å². The van der Waals surface area contributed by atoms with E-state index in [9.17, 15) is 19.5 Å². The van der Waals surface area contributed by atoms with Gasteiger partial charge in [0, 0.05) is 18.2 Å². The molecule has 1 aliphatic heterocycles. The minimum absolute atomic E-state index is 0.00522. The van der Waals surface area contributed by atoms with Crippen molar-refractivity contribution in [3.05, 3.63) is 53.6 Å². The fourth-order valence-electron chi connectivity index (χ4n) is 2.83. The molecule has 2 aromatic carbocycles. The molecule has 7 heteroatoms. The molecule has 1 fully saturated rings. The van der Waals surface area contributed by atoms with Gasteiger partial charge >= 0.3 is 0 Å². The number of nitrogens with zero attached hydrogens (tertiary/aromatic N) is 1. The molecule has 0 aliphatic carbocycles. The maximum atomic E-state index is 12.7. The van der Waals surface area contributed by atoms with Crippen molar-refractivity contribution in [1.82, 2.24) is 0 Å². The fraction of sp³-hybridized carbons (Fsp3) is 0.150. The molecule has 1 saturated heterocycles. The molecule has 2 N–H and O–H groups in total. The molecule has 0 bridgehead atoms. The maximum Gasteiger partial charge on any atom is 0.261 e. The summed E-state index contributed by atoms with van der Waals surface area (Å²) in [7, 11) is 1.43. The molecule has 2 aromatic rings. The van der Waals surface area contributed by atoms with Crippen LogP contribution in [0.15, 0.2) is 48.0 Å². The molecule has 0 spiro atoms. The number of anilines is 2. The zero-order chi connectivity index (χ0) is 19.6. The Labute approximate surface area is 155 Å². The van der Waals surface area contributed by atoms with Crippen LogP contribution in [0.25, 0.3) is 6.08 Å². The Morgan fingerprint density at radius 1 is 1.19 bits per heavy atom. The zero-order valence-corrected chi connectivity index (χ0v) is 14.9. The van der Waals surface area contributed by atoms with E-state index in [-0.39, 0.29) is 29.7 Å². The summed E-state index contributed by atoms with van der Waals surface area (Å²) in [5, 5.41) is 12.3. The maximum absolute atomic E-state index is 12.7. The first-order chi connectivity index (χ1) is 12.9. The lowest BCUT2D eigenvalue weighted by molar-refractivity contribution is -0.120. The summed E-state index contributed by atoms with van der Waals surface area (Å²) >= 11 is 0. The first-order valence-electron chi connectivity index (χ1n) is 8.21. The van der Waals surface area contributed by atoms with Crippen LogP contribution in [-0.4, -0.2) is 29.9 Å². The van der Waals surface area contributed by atoms with Crippen molar-refractivity contribution in [2.24, 2.45) is 0 Å². The van der Waals surface area contributed by atoms with E-state index in [1.165, 1.54) is 20.1 Å². The minimum Gasteiger partial charge on any atom is -0.504 e. The molecule has 138 valence electrons. The number of methoxy groups -OCH3 is 1. The first kappa shape index (κ1) is 18.2. The first-order valence-corrected chi connectivity index (χ1v) is 8.21. The van der Waals surface area contributed by atoms with Crippen LogP contribution in [0, 0.1) is 0 Å². The Hall–Kier alpha value is -3.61. The lowest BCUT2D eigenvalue weighted by Gasteiger charge is -2.14. The lowest BCUT2D eigenvalue weighted by Crippen LogP contribution is -2.28. The van der Waals surface area contributed by atoms with Gasteiger partial charge in [0.05, 0.1) is 19.2 Å². The van der Waals surface area contributed by atoms with Gasteiger partial charge in [-0.3, -0.25) is 14.4 Å². The van der Waals surface area contributed by atoms with Gasteiger partial charge in [0.15, 0.2) is 11.5 Å². The standard InChI is InChI=1S/C20H18N2O5/c1-12(23)21-15-4-6-16(7-5-15)22-19(25)11-14(20(22)26)9-13-3-8-17(24)18(10-13)27-2/h3-10,24H,11H2,1-2H3,(H,21,23). The molecule has 3 rings (SSSR count). The van der Waals surface area contributed by atoms with Crippen molar-refractivity contribution in [1.29, 1.82) is 0 Å². The summed E-state index contributed by atoms with van der Waals surface area (Å²) in [5.41, 5.74) is 2.01. The average molecular weight is 366 g/mol. The van der Waals surface area contributed by atoms with Crippen LogP contribution in [-0.2, 0) is 14.4 Å². The van der Waals surface area contributed by atoms with Gasteiger partial charge in [-0.15, -0.1) is 0 Å². The molecule has 0 radical (unpaired) electrons. The second kappa shape index (κ2) is 7.33. The second-order valence-electron chi connectivity index (χ2n) is 6.04. The summed E-state index contributed by atoms with van der Waals surface area (Å²) < 4.78 is 5.06. The van der Waals surface area contributed by atoms with Crippen LogP contribution in [0.1, 0.15) is 18.9 Å². The molecule has 1 aliphatic rings. The normalized spacial score (nSPS) is 15.3. The Morgan fingerprint density at radius 2 is 1.89 bits per heavy atom. The summed E-state index contributed by atoms with van der Waals surface area (Å²) in [5.74, 6) is -0.657. The number of amides is 3. The number of benzene rings is 2. The van der Waals surface area contributed by atoms with E-state index in [1.807, 2.05) is 0 Å². The van der Waals surface area contributed by atoms with E-state index >= 15 is 0 Å². The van der Waals surface area contributed by atoms with E-state index in [2.05, 4.69) is 5.32 Å². The van der Waals surface area contributed by atoms with Gasteiger partial charge in [-0.1, -0.05) is 6.07 Å². The van der Waals surface area contributed by atoms with Gasteiger partial charge in [0.2, 0.25) is 11.8 Å². The highest BCUT2D eigenvalue weighted by Crippen LogP contribution is 2.31. The van der Waals surface area contributed by atoms with Gasteiger partial charge in [-0.25, -0.2) is 4.90 Å². The van der Waals surface area contributed by atoms with Crippen molar-refractivity contribution in [3.8, 4) is 11.5 Å². The highest BCUT2D eigenvalue weighted by molar-refractivity contribution is 6.29. The topological polar surface area (TPSA) is 95.9 Å². The van der Waals surface area contributed by atoms with E-state index in [4.69, 9.17) is 4.74 Å². The molecule has 3 amide bonds. The van der Waals surface area contributed by atoms with Crippen LogP contribution in [0.3, 0.4) is 0 Å². The van der Waals surface area contributed by atoms with E-state index in [0.717, 1.165) is 4.90 Å². The van der Waals surface area contributed by atoms with Crippen molar-refractivity contribution in [3.63, 3.8) is 0 Å². The number of imide groups is 1. The quantitative estimate of drug-likeness (QED) is 0.641. The molecule has 0 atom stereocenters. The highest BCUT2D eigenvalue weighted by Gasteiger charge is 2.34. The van der Waals surface area contributed by atoms with E-state index in [1.54, 1.807) is 42.5 Å². The third-order valence-electron chi connectivity index (χ3n) is 4.06. The summed E-state index contributed by atoms with van der Waals surface area (Å²) in [6.45, 7) is 1.40. The number of carbonyl (C=O) groups is 3. The predicted molar refractivity (Wildman–Crippen MR) is 100 cm³/mol. The van der Waals surface area contributed by atoms with Crippen LogP contribution < -0.4 is 15.0 Å². The van der Waals surface area contributed by atoms with Crippen molar-refractivity contribution >= 4 is 35.2 Å². The third-order valence-corrected chi connectivity index (χ3v) is 4.06. The largest absolute Gasteiger partial charge is 0.504 e. The number of hydrogen-bond acceptors (Lipinski definition) is 5. The number of ether oxygens (including phenoxy) is 1. The van der Waals surface area contributed by atoms with Gasteiger partial charge in [0.25, 0.3) is 5.91 Å². The number of aromatic hydroxyl groups is 1. The monoisotopic (exact) mass is 366 g/mol. The summed E-state index contributed by atoms with van der Waals surface area (Å²) in [6, 6.07) is 11.2. The third kappa shape index (κ3) is 3.82. The molecule has 1 heterocycles. The Kier molecular flexibility index (Phi) is 4.94. The molecule has 0 saturated carbocycles. The van der Waals surface area contributed by atoms with Gasteiger partial charge in [-0.2, -0.15) is 0 Å². The van der Waals surface area contributed by atoms with Gasteiger partial charge in [0.1, 0.15) is 0 Å². The smallest absolute Gasteiger partial charge is 0.261 e. The predicted octanol–water partition coefficient (Wildman–Crippen LogP) is 2.71. The summed E-state index contributed by atoms with van der Waals surface area (Å²) in [4.78, 5) is 37.2. The molecule has 27 heavy (non-hydrogen) atoms. The van der Waals surface area contributed by atoms with Crippen molar-refractivity contribution < 1.29 is 24.2 Å². The zero-order valence-electron chi connectivity index (χ0n) is 14.9. The fourth-order valence-corrected chi connectivity index (χ4v) is 2.83. The van der Waals surface area contributed by atoms with Crippen molar-refractivity contribution in [2.45, 2.75) is 13.3 Å². The Morgan fingerprint density at radius 3 is 2.52 bits per heavy atom. The molecule has 0 aromatic heterocycles. The number of phenols is 1. The highest BCUT2D eigenvalue weighted by atomic mass is 16.5. The van der Waals surface area contributed by atoms with Crippen LogP contribution in [0.4, 0.5) is 11.4 Å². The molecule has 7 nitrogen and oxygen atoms in total. The SMILES string of the molecule is COc1cc(C=C2CC(=O)N(c3ccc(NC(C)=O)cc3)C2=O)ccc1O. The Balaban J connectivity index is 1.85. The van der Waals surface area contributed by atoms with Gasteiger partial charge < -0.3 is 15.2 Å². The number of hydrogen-bond donors (Lipinski definition) is 2. The second-order valence-corrected chi connectivity index (χ2v) is 6.04.